The molecule has 158 valence electrons. The first kappa shape index (κ1) is 24.4. The molecule has 27 heavy (non-hydrogen) atoms. The molecule has 2 aliphatic rings. The Morgan fingerprint density at radius 1 is 1.19 bits per heavy atom. The van der Waals surface area contributed by atoms with E-state index >= 15 is 0 Å². The molecule has 2 rings (SSSR count). The summed E-state index contributed by atoms with van der Waals surface area (Å²) in [6, 6.07) is 0.411. The number of carbonyl (C=O) groups is 1. The van der Waals surface area contributed by atoms with E-state index in [4.69, 9.17) is 5.73 Å². The van der Waals surface area contributed by atoms with Crippen molar-refractivity contribution in [3.63, 3.8) is 0 Å². The number of halogens is 1. The summed E-state index contributed by atoms with van der Waals surface area (Å²) in [7, 11) is 1.84. The number of guanidine groups is 1. The van der Waals surface area contributed by atoms with Crippen molar-refractivity contribution in [1.82, 2.24) is 20.4 Å². The van der Waals surface area contributed by atoms with Gasteiger partial charge in [0.2, 0.25) is 5.91 Å². The van der Waals surface area contributed by atoms with E-state index in [1.165, 1.54) is 32.5 Å². The summed E-state index contributed by atoms with van der Waals surface area (Å²) in [5, 5.41) is 7.07. The van der Waals surface area contributed by atoms with Crippen molar-refractivity contribution in [3.05, 3.63) is 0 Å². The smallest absolute Gasteiger partial charge is 0.231 e. The molecule has 0 bridgehead atoms. The lowest BCUT2D eigenvalue weighted by Crippen LogP contribution is -2.51. The molecule has 7 nitrogen and oxygen atoms in total. The summed E-state index contributed by atoms with van der Waals surface area (Å²) in [5.74, 6) is 2.09. The third kappa shape index (κ3) is 9.43. The first-order chi connectivity index (χ1) is 12.5. The molecule has 2 saturated heterocycles. The Morgan fingerprint density at radius 2 is 1.89 bits per heavy atom. The van der Waals surface area contributed by atoms with Gasteiger partial charge in [-0.25, -0.2) is 0 Å². The highest BCUT2D eigenvalue weighted by molar-refractivity contribution is 14.0. The van der Waals surface area contributed by atoms with Crippen LogP contribution in [0, 0.1) is 11.8 Å². The molecule has 2 fully saturated rings. The number of hydrogen-bond acceptors (Lipinski definition) is 4. The highest BCUT2D eigenvalue weighted by Gasteiger charge is 2.23. The van der Waals surface area contributed by atoms with Gasteiger partial charge in [-0.15, -0.1) is 24.0 Å². The minimum atomic E-state index is -0.243. The van der Waals surface area contributed by atoms with Crippen molar-refractivity contribution in [2.75, 3.05) is 52.9 Å². The first-order valence-corrected chi connectivity index (χ1v) is 10.2. The van der Waals surface area contributed by atoms with Gasteiger partial charge >= 0.3 is 0 Å². The summed E-state index contributed by atoms with van der Waals surface area (Å²) in [4.78, 5) is 20.1. The van der Waals surface area contributed by atoms with Crippen LogP contribution in [0.5, 0.6) is 0 Å². The van der Waals surface area contributed by atoms with Crippen molar-refractivity contribution < 1.29 is 4.79 Å². The maximum atomic E-state index is 11.0. The average Bonchev–Trinajstić information content (AvgIpc) is 2.59. The van der Waals surface area contributed by atoms with Crippen molar-refractivity contribution >= 4 is 35.8 Å². The van der Waals surface area contributed by atoms with E-state index in [-0.39, 0.29) is 29.9 Å². The van der Waals surface area contributed by atoms with Crippen LogP contribution in [0.15, 0.2) is 4.99 Å². The van der Waals surface area contributed by atoms with Crippen LogP contribution in [-0.2, 0) is 4.79 Å². The summed E-state index contributed by atoms with van der Waals surface area (Å²) >= 11 is 0. The molecule has 0 aromatic carbocycles. The standard InChI is InChI=1S/C19H38N6O.HI/c1-15(2)12-25-8-4-5-16(13-25)11-22-19(21-3)23-17-6-9-24(10-7-17)14-18(20)26;/h15-17H,4-14H2,1-3H3,(H2,20,26)(H2,21,22,23);1H. The molecule has 8 heteroatoms. The fourth-order valence-electron chi connectivity index (χ4n) is 4.08. The van der Waals surface area contributed by atoms with Crippen molar-refractivity contribution in [3.8, 4) is 0 Å². The molecule has 0 saturated carbocycles. The molecule has 0 aliphatic carbocycles. The maximum Gasteiger partial charge on any atom is 0.231 e. The molecule has 2 heterocycles. The molecule has 1 amide bonds. The molecule has 0 aromatic rings. The molecule has 4 N–H and O–H groups in total. The van der Waals surface area contributed by atoms with E-state index in [9.17, 15) is 4.79 Å². The highest BCUT2D eigenvalue weighted by atomic mass is 127. The van der Waals surface area contributed by atoms with Gasteiger partial charge in [-0.3, -0.25) is 14.7 Å². The third-order valence-electron chi connectivity index (χ3n) is 5.32. The number of carbonyl (C=O) groups excluding carboxylic acids is 1. The quantitative estimate of drug-likeness (QED) is 0.280. The SMILES string of the molecule is CN=C(NCC1CCCN(CC(C)C)C1)NC1CCN(CC(N)=O)CC1.I. The molecule has 2 aliphatic heterocycles. The van der Waals surface area contributed by atoms with E-state index in [1.807, 2.05) is 7.05 Å². The van der Waals surface area contributed by atoms with Crippen molar-refractivity contribution in [2.24, 2.45) is 22.6 Å². The van der Waals surface area contributed by atoms with E-state index < -0.39 is 0 Å². The predicted octanol–water partition coefficient (Wildman–Crippen LogP) is 1.09. The van der Waals surface area contributed by atoms with Crippen LogP contribution in [0.1, 0.15) is 39.5 Å². The van der Waals surface area contributed by atoms with E-state index in [1.54, 1.807) is 0 Å². The lowest BCUT2D eigenvalue weighted by atomic mass is 9.97. The second-order valence-corrected chi connectivity index (χ2v) is 8.28. The fourth-order valence-corrected chi connectivity index (χ4v) is 4.08. The second-order valence-electron chi connectivity index (χ2n) is 8.28. The van der Waals surface area contributed by atoms with Crippen LogP contribution in [0.3, 0.4) is 0 Å². The van der Waals surface area contributed by atoms with Crippen LogP contribution in [0.25, 0.3) is 0 Å². The number of piperidine rings is 2. The van der Waals surface area contributed by atoms with Gasteiger partial charge in [-0.1, -0.05) is 13.8 Å². The third-order valence-corrected chi connectivity index (χ3v) is 5.32. The fraction of sp³-hybridized carbons (Fsp3) is 0.895. The van der Waals surface area contributed by atoms with Crippen LogP contribution in [0.4, 0.5) is 0 Å². The lowest BCUT2D eigenvalue weighted by molar-refractivity contribution is -0.119. The topological polar surface area (TPSA) is 86.0 Å². The van der Waals surface area contributed by atoms with Crippen LogP contribution < -0.4 is 16.4 Å². The Kier molecular flexibility index (Phi) is 11.6. The van der Waals surface area contributed by atoms with Gasteiger partial charge in [0.15, 0.2) is 5.96 Å². The Labute approximate surface area is 181 Å². The molecular weight excluding hydrogens is 455 g/mol. The van der Waals surface area contributed by atoms with Crippen LogP contribution >= 0.6 is 24.0 Å². The van der Waals surface area contributed by atoms with Gasteiger partial charge in [-0.05, 0) is 44.1 Å². The average molecular weight is 494 g/mol. The van der Waals surface area contributed by atoms with E-state index in [0.29, 0.717) is 18.5 Å². The Hall–Kier alpha value is -0.610. The Balaban J connectivity index is 0.00000364. The molecular formula is C19H39IN6O. The van der Waals surface area contributed by atoms with Gasteiger partial charge in [0, 0.05) is 45.8 Å². The van der Waals surface area contributed by atoms with Gasteiger partial charge < -0.3 is 21.3 Å². The number of nitrogens with zero attached hydrogens (tertiary/aromatic N) is 3. The van der Waals surface area contributed by atoms with E-state index in [2.05, 4.69) is 39.3 Å². The number of primary amides is 1. The van der Waals surface area contributed by atoms with Gasteiger partial charge in [-0.2, -0.15) is 0 Å². The van der Waals surface area contributed by atoms with Crippen LogP contribution in [0.2, 0.25) is 0 Å². The number of rotatable bonds is 7. The summed E-state index contributed by atoms with van der Waals surface area (Å²) in [6.07, 6.45) is 4.62. The molecule has 0 aromatic heterocycles. The van der Waals surface area contributed by atoms with Crippen molar-refractivity contribution in [1.29, 1.82) is 0 Å². The van der Waals surface area contributed by atoms with Crippen LogP contribution in [-0.4, -0.2) is 80.6 Å². The zero-order chi connectivity index (χ0) is 18.9. The highest BCUT2D eigenvalue weighted by Crippen LogP contribution is 2.17. The zero-order valence-electron chi connectivity index (χ0n) is 17.2. The van der Waals surface area contributed by atoms with Gasteiger partial charge in [0.05, 0.1) is 6.54 Å². The number of amides is 1. The summed E-state index contributed by atoms with van der Waals surface area (Å²) < 4.78 is 0. The zero-order valence-corrected chi connectivity index (χ0v) is 19.6. The molecule has 0 radical (unpaired) electrons. The van der Waals surface area contributed by atoms with Crippen molar-refractivity contribution in [2.45, 2.75) is 45.6 Å². The molecule has 1 atom stereocenters. The molecule has 0 spiro atoms. The largest absolute Gasteiger partial charge is 0.369 e. The number of aliphatic imine (C=N–C) groups is 1. The summed E-state index contributed by atoms with van der Waals surface area (Å²) in [5.41, 5.74) is 5.28. The summed E-state index contributed by atoms with van der Waals surface area (Å²) in [6.45, 7) is 11.4. The number of nitrogens with two attached hydrogens (primary N) is 1. The minimum absolute atomic E-state index is 0. The Bertz CT molecular complexity index is 465. The lowest BCUT2D eigenvalue weighted by Gasteiger charge is -2.35. The first-order valence-electron chi connectivity index (χ1n) is 10.2. The minimum Gasteiger partial charge on any atom is -0.369 e. The number of hydrogen-bond donors (Lipinski definition) is 3. The number of nitrogens with one attached hydrogen (secondary N) is 2. The molecule has 1 unspecified atom stereocenters. The van der Waals surface area contributed by atoms with Gasteiger partial charge in [0.25, 0.3) is 0 Å². The number of likely N-dealkylation sites (tertiary alicyclic amines) is 2. The van der Waals surface area contributed by atoms with E-state index in [0.717, 1.165) is 44.4 Å². The monoisotopic (exact) mass is 494 g/mol. The predicted molar refractivity (Wildman–Crippen MR) is 123 cm³/mol. The maximum absolute atomic E-state index is 11.0. The second kappa shape index (κ2) is 12.8. The normalized spacial score (nSPS) is 23.1. The van der Waals surface area contributed by atoms with Gasteiger partial charge in [0.1, 0.15) is 0 Å². The Morgan fingerprint density at radius 3 is 2.48 bits per heavy atom.